The summed E-state index contributed by atoms with van der Waals surface area (Å²) < 4.78 is 0. The Hall–Kier alpha value is -0.570. The minimum Gasteiger partial charge on any atom is -0.359 e. The van der Waals surface area contributed by atoms with Gasteiger partial charge in [-0.05, 0) is 32.1 Å². The highest BCUT2D eigenvalue weighted by molar-refractivity contribution is 7.13. The van der Waals surface area contributed by atoms with Crippen LogP contribution in [0.25, 0.3) is 0 Å². The smallest absolute Gasteiger partial charge is 0.183 e. The molecule has 2 rings (SSSR count). The summed E-state index contributed by atoms with van der Waals surface area (Å²) in [4.78, 5) is 4.46. The lowest BCUT2D eigenvalue weighted by Crippen LogP contribution is -2.18. The summed E-state index contributed by atoms with van der Waals surface area (Å²) in [6.07, 6.45) is 6.74. The summed E-state index contributed by atoms with van der Waals surface area (Å²) in [5.74, 6) is 0.912. The van der Waals surface area contributed by atoms with Crippen LogP contribution in [0.15, 0.2) is 5.38 Å². The van der Waals surface area contributed by atoms with E-state index in [0.717, 1.165) is 16.7 Å². The molecule has 1 fully saturated rings. The Labute approximate surface area is 96.1 Å². The fourth-order valence-electron chi connectivity index (χ4n) is 2.23. The average molecular weight is 224 g/mol. The van der Waals surface area contributed by atoms with E-state index in [9.17, 15) is 0 Å². The van der Waals surface area contributed by atoms with Gasteiger partial charge in [0.1, 0.15) is 0 Å². The lowest BCUT2D eigenvalue weighted by Gasteiger charge is -2.15. The second-order valence-electron chi connectivity index (χ2n) is 4.75. The monoisotopic (exact) mass is 224 g/mol. The zero-order chi connectivity index (χ0) is 10.7. The van der Waals surface area contributed by atoms with Gasteiger partial charge in [-0.3, -0.25) is 0 Å². The standard InChI is InChI=1S/C12H20N2S/c1-9-4-3-5-11(7-6-9)14-12-13-10(2)8-15-12/h8-9,11H,3-7H2,1-2H3,(H,13,14). The van der Waals surface area contributed by atoms with Gasteiger partial charge in [0.05, 0.1) is 5.69 Å². The first-order valence-corrected chi connectivity index (χ1v) is 6.80. The van der Waals surface area contributed by atoms with Crippen LogP contribution >= 0.6 is 11.3 Å². The Bertz CT molecular complexity index is 308. The molecule has 1 aromatic heterocycles. The van der Waals surface area contributed by atoms with Gasteiger partial charge >= 0.3 is 0 Å². The number of nitrogens with one attached hydrogen (secondary N) is 1. The first kappa shape index (κ1) is 10.9. The predicted molar refractivity (Wildman–Crippen MR) is 66.5 cm³/mol. The predicted octanol–water partition coefficient (Wildman–Crippen LogP) is 3.83. The Balaban J connectivity index is 1.88. The van der Waals surface area contributed by atoms with E-state index in [1.807, 2.05) is 0 Å². The third-order valence-electron chi connectivity index (χ3n) is 3.20. The minimum absolute atomic E-state index is 0.653. The molecule has 1 aliphatic carbocycles. The molecule has 1 N–H and O–H groups in total. The summed E-state index contributed by atoms with van der Waals surface area (Å²) in [5, 5.41) is 6.79. The Morgan fingerprint density at radius 2 is 2.20 bits per heavy atom. The second kappa shape index (κ2) is 4.97. The molecule has 84 valence electrons. The highest BCUT2D eigenvalue weighted by Gasteiger charge is 2.16. The molecule has 2 nitrogen and oxygen atoms in total. The number of aryl methyl sites for hydroxylation is 1. The van der Waals surface area contributed by atoms with Gasteiger partial charge in [0.2, 0.25) is 0 Å². The first-order valence-electron chi connectivity index (χ1n) is 5.92. The molecule has 1 aliphatic rings. The van der Waals surface area contributed by atoms with Crippen LogP contribution in [-0.2, 0) is 0 Å². The van der Waals surface area contributed by atoms with Crippen molar-refractivity contribution in [3.63, 3.8) is 0 Å². The molecule has 15 heavy (non-hydrogen) atoms. The molecule has 2 atom stereocenters. The van der Waals surface area contributed by atoms with E-state index in [1.54, 1.807) is 11.3 Å². The molecule has 2 unspecified atom stereocenters. The fourth-order valence-corrected chi connectivity index (χ4v) is 2.99. The number of rotatable bonds is 2. The van der Waals surface area contributed by atoms with Crippen molar-refractivity contribution in [1.29, 1.82) is 0 Å². The number of hydrogen-bond acceptors (Lipinski definition) is 3. The molecule has 0 aliphatic heterocycles. The van der Waals surface area contributed by atoms with Crippen molar-refractivity contribution in [3.05, 3.63) is 11.1 Å². The van der Waals surface area contributed by atoms with E-state index >= 15 is 0 Å². The maximum absolute atomic E-state index is 4.46. The zero-order valence-electron chi connectivity index (χ0n) is 9.62. The Morgan fingerprint density at radius 3 is 2.93 bits per heavy atom. The summed E-state index contributed by atoms with van der Waals surface area (Å²) in [6.45, 7) is 4.42. The molecule has 0 amide bonds. The topological polar surface area (TPSA) is 24.9 Å². The highest BCUT2D eigenvalue weighted by Crippen LogP contribution is 2.26. The molecule has 0 bridgehead atoms. The number of nitrogens with zero attached hydrogens (tertiary/aromatic N) is 1. The SMILES string of the molecule is Cc1csc(NC2CCCC(C)CC2)n1. The minimum atomic E-state index is 0.653. The van der Waals surface area contributed by atoms with E-state index in [-0.39, 0.29) is 0 Å². The van der Waals surface area contributed by atoms with Crippen LogP contribution in [0.1, 0.15) is 44.7 Å². The summed E-state index contributed by atoms with van der Waals surface area (Å²) in [6, 6.07) is 0.653. The molecular weight excluding hydrogens is 204 g/mol. The summed E-state index contributed by atoms with van der Waals surface area (Å²) in [7, 11) is 0. The normalized spacial score (nSPS) is 27.3. The third kappa shape index (κ3) is 3.20. The van der Waals surface area contributed by atoms with Crippen LogP contribution in [0.4, 0.5) is 5.13 Å². The van der Waals surface area contributed by atoms with Crippen LogP contribution in [0, 0.1) is 12.8 Å². The van der Waals surface area contributed by atoms with Gasteiger partial charge in [-0.15, -0.1) is 11.3 Å². The van der Waals surface area contributed by atoms with Gasteiger partial charge in [0.25, 0.3) is 0 Å². The van der Waals surface area contributed by atoms with Gasteiger partial charge in [0.15, 0.2) is 5.13 Å². The average Bonchev–Trinajstić information content (AvgIpc) is 2.48. The van der Waals surface area contributed by atoms with E-state index < -0.39 is 0 Å². The van der Waals surface area contributed by atoms with Crippen molar-refractivity contribution < 1.29 is 0 Å². The van der Waals surface area contributed by atoms with Crippen molar-refractivity contribution in [2.24, 2.45) is 5.92 Å². The molecule has 0 radical (unpaired) electrons. The molecule has 1 aromatic rings. The van der Waals surface area contributed by atoms with Crippen molar-refractivity contribution in [3.8, 4) is 0 Å². The Morgan fingerprint density at radius 1 is 1.33 bits per heavy atom. The van der Waals surface area contributed by atoms with Gasteiger partial charge < -0.3 is 5.32 Å². The van der Waals surface area contributed by atoms with Crippen LogP contribution in [0.2, 0.25) is 0 Å². The first-order chi connectivity index (χ1) is 7.24. The van der Waals surface area contributed by atoms with Gasteiger partial charge in [-0.2, -0.15) is 0 Å². The van der Waals surface area contributed by atoms with Crippen molar-refractivity contribution in [1.82, 2.24) is 4.98 Å². The van der Waals surface area contributed by atoms with Gasteiger partial charge in [-0.1, -0.05) is 19.8 Å². The van der Waals surface area contributed by atoms with E-state index in [4.69, 9.17) is 0 Å². The number of thiazole rings is 1. The van der Waals surface area contributed by atoms with Crippen LogP contribution in [0.5, 0.6) is 0 Å². The largest absolute Gasteiger partial charge is 0.359 e. The van der Waals surface area contributed by atoms with Crippen LogP contribution in [-0.4, -0.2) is 11.0 Å². The highest BCUT2D eigenvalue weighted by atomic mass is 32.1. The van der Waals surface area contributed by atoms with Crippen LogP contribution < -0.4 is 5.32 Å². The van der Waals surface area contributed by atoms with E-state index in [0.29, 0.717) is 6.04 Å². The van der Waals surface area contributed by atoms with E-state index in [2.05, 4.69) is 29.5 Å². The number of hydrogen-bond donors (Lipinski definition) is 1. The maximum Gasteiger partial charge on any atom is 0.183 e. The van der Waals surface area contributed by atoms with Gasteiger partial charge in [-0.25, -0.2) is 4.98 Å². The summed E-state index contributed by atoms with van der Waals surface area (Å²) in [5.41, 5.74) is 1.13. The quantitative estimate of drug-likeness (QED) is 0.772. The molecule has 1 saturated carbocycles. The van der Waals surface area contributed by atoms with Crippen LogP contribution in [0.3, 0.4) is 0 Å². The van der Waals surface area contributed by atoms with Crippen molar-refractivity contribution in [2.75, 3.05) is 5.32 Å². The van der Waals surface area contributed by atoms with Gasteiger partial charge in [0, 0.05) is 11.4 Å². The number of aromatic nitrogens is 1. The maximum atomic E-state index is 4.46. The molecule has 0 spiro atoms. The fraction of sp³-hybridized carbons (Fsp3) is 0.750. The molecule has 1 heterocycles. The molecule has 0 aromatic carbocycles. The molecule has 0 saturated heterocycles. The molecular formula is C12H20N2S. The lowest BCUT2D eigenvalue weighted by molar-refractivity contribution is 0.502. The summed E-state index contributed by atoms with van der Waals surface area (Å²) >= 11 is 1.73. The third-order valence-corrected chi connectivity index (χ3v) is 4.10. The zero-order valence-corrected chi connectivity index (χ0v) is 10.4. The molecule has 3 heteroatoms. The Kier molecular flexibility index (Phi) is 3.62. The number of anilines is 1. The lowest BCUT2D eigenvalue weighted by atomic mass is 10.0. The second-order valence-corrected chi connectivity index (χ2v) is 5.61. The van der Waals surface area contributed by atoms with Crippen molar-refractivity contribution >= 4 is 16.5 Å². The van der Waals surface area contributed by atoms with E-state index in [1.165, 1.54) is 32.1 Å². The van der Waals surface area contributed by atoms with Crippen molar-refractivity contribution in [2.45, 2.75) is 52.0 Å².